The normalized spacial score (nSPS) is 12.9. The van der Waals surface area contributed by atoms with E-state index in [1.807, 2.05) is 36.6 Å². The lowest BCUT2D eigenvalue weighted by Crippen LogP contribution is -2.28. The molecule has 5 nitrogen and oxygen atoms in total. The Labute approximate surface area is 105 Å². The van der Waals surface area contributed by atoms with Gasteiger partial charge in [0.15, 0.2) is 0 Å². The predicted molar refractivity (Wildman–Crippen MR) is 68.4 cm³/mol. The van der Waals surface area contributed by atoms with E-state index in [-0.39, 0.29) is 6.04 Å². The fourth-order valence-electron chi connectivity index (χ4n) is 1.85. The highest BCUT2D eigenvalue weighted by Crippen LogP contribution is 2.24. The Morgan fingerprint density at radius 3 is 2.94 bits per heavy atom. The highest BCUT2D eigenvalue weighted by molar-refractivity contribution is 7.09. The Hall–Kier alpha value is -1.24. The molecule has 6 heteroatoms. The summed E-state index contributed by atoms with van der Waals surface area (Å²) in [5, 5.41) is 4.16. The standard InChI is InChI=1S/C11H17N5S/c1-8-11(17-7-13-8)10(15-12)4-3-9-5-14-16(2)6-9/h5-7,10,15H,3-4,12H2,1-2H3. The minimum Gasteiger partial charge on any atom is -0.276 e. The second-order valence-electron chi connectivity index (χ2n) is 4.08. The van der Waals surface area contributed by atoms with E-state index in [1.54, 1.807) is 11.3 Å². The molecule has 2 rings (SSSR count). The van der Waals surface area contributed by atoms with Crippen molar-refractivity contribution in [1.82, 2.24) is 20.2 Å². The number of aromatic nitrogens is 3. The maximum absolute atomic E-state index is 5.61. The van der Waals surface area contributed by atoms with Gasteiger partial charge in [-0.2, -0.15) is 5.10 Å². The van der Waals surface area contributed by atoms with Gasteiger partial charge in [-0.15, -0.1) is 11.3 Å². The summed E-state index contributed by atoms with van der Waals surface area (Å²) >= 11 is 1.65. The Balaban J connectivity index is 1.99. The van der Waals surface area contributed by atoms with Crippen molar-refractivity contribution in [2.45, 2.75) is 25.8 Å². The third kappa shape index (κ3) is 2.91. The van der Waals surface area contributed by atoms with Gasteiger partial charge in [0, 0.05) is 18.1 Å². The molecule has 2 heterocycles. The largest absolute Gasteiger partial charge is 0.276 e. The van der Waals surface area contributed by atoms with E-state index in [0.29, 0.717) is 0 Å². The van der Waals surface area contributed by atoms with Gasteiger partial charge in [0.25, 0.3) is 0 Å². The van der Waals surface area contributed by atoms with Gasteiger partial charge in [0.05, 0.1) is 23.4 Å². The maximum atomic E-state index is 5.61. The first-order chi connectivity index (χ1) is 8.20. The summed E-state index contributed by atoms with van der Waals surface area (Å²) in [6, 6.07) is 0.169. The Bertz CT molecular complexity index is 476. The van der Waals surface area contributed by atoms with Crippen molar-refractivity contribution in [3.05, 3.63) is 34.0 Å². The molecular formula is C11H17N5S. The maximum Gasteiger partial charge on any atom is 0.0798 e. The van der Waals surface area contributed by atoms with Crippen LogP contribution in [0.15, 0.2) is 17.9 Å². The van der Waals surface area contributed by atoms with E-state index in [2.05, 4.69) is 15.5 Å². The highest BCUT2D eigenvalue weighted by Gasteiger charge is 2.14. The van der Waals surface area contributed by atoms with Gasteiger partial charge in [0.2, 0.25) is 0 Å². The first-order valence-electron chi connectivity index (χ1n) is 5.54. The molecule has 0 aliphatic carbocycles. The van der Waals surface area contributed by atoms with Gasteiger partial charge < -0.3 is 0 Å². The zero-order valence-corrected chi connectivity index (χ0v) is 10.9. The first-order valence-corrected chi connectivity index (χ1v) is 6.42. The predicted octanol–water partition coefficient (Wildman–Crippen LogP) is 1.32. The van der Waals surface area contributed by atoms with E-state index in [9.17, 15) is 0 Å². The van der Waals surface area contributed by atoms with Crippen molar-refractivity contribution in [2.24, 2.45) is 12.9 Å². The fourth-order valence-corrected chi connectivity index (χ4v) is 2.75. The number of nitrogens with two attached hydrogens (primary N) is 1. The van der Waals surface area contributed by atoms with Gasteiger partial charge in [-0.25, -0.2) is 4.98 Å². The summed E-state index contributed by atoms with van der Waals surface area (Å²) < 4.78 is 1.82. The van der Waals surface area contributed by atoms with E-state index in [0.717, 1.165) is 18.5 Å². The summed E-state index contributed by atoms with van der Waals surface area (Å²) in [6.07, 6.45) is 5.84. The SMILES string of the molecule is Cc1ncsc1C(CCc1cnn(C)c1)NN. The lowest BCUT2D eigenvalue weighted by atomic mass is 10.1. The van der Waals surface area contributed by atoms with Crippen LogP contribution in [-0.2, 0) is 13.5 Å². The van der Waals surface area contributed by atoms with Crippen molar-refractivity contribution in [2.75, 3.05) is 0 Å². The first kappa shape index (κ1) is 12.2. The molecule has 0 aliphatic heterocycles. The zero-order chi connectivity index (χ0) is 12.3. The Morgan fingerprint density at radius 2 is 2.41 bits per heavy atom. The van der Waals surface area contributed by atoms with Gasteiger partial charge in [-0.3, -0.25) is 16.0 Å². The molecule has 2 aromatic heterocycles. The number of rotatable bonds is 5. The lowest BCUT2D eigenvalue weighted by Gasteiger charge is -2.14. The van der Waals surface area contributed by atoms with Crippen LogP contribution in [0.25, 0.3) is 0 Å². The molecule has 0 radical (unpaired) electrons. The second kappa shape index (κ2) is 5.39. The van der Waals surface area contributed by atoms with Crippen LogP contribution in [0.5, 0.6) is 0 Å². The molecule has 0 amide bonds. The number of thiazole rings is 1. The highest BCUT2D eigenvalue weighted by atomic mass is 32.1. The molecule has 0 fully saturated rings. The zero-order valence-electron chi connectivity index (χ0n) is 10.1. The lowest BCUT2D eigenvalue weighted by molar-refractivity contribution is 0.521. The third-order valence-corrected chi connectivity index (χ3v) is 3.83. The third-order valence-electron chi connectivity index (χ3n) is 2.78. The molecular weight excluding hydrogens is 234 g/mol. The van der Waals surface area contributed by atoms with Crippen molar-refractivity contribution in [3.63, 3.8) is 0 Å². The number of hydrazine groups is 1. The molecule has 0 aromatic carbocycles. The van der Waals surface area contributed by atoms with Crippen LogP contribution < -0.4 is 11.3 Å². The molecule has 92 valence electrons. The van der Waals surface area contributed by atoms with Gasteiger partial charge in [-0.05, 0) is 25.3 Å². The van der Waals surface area contributed by atoms with E-state index < -0.39 is 0 Å². The van der Waals surface area contributed by atoms with E-state index >= 15 is 0 Å². The minimum atomic E-state index is 0.169. The number of aryl methyl sites for hydroxylation is 3. The molecule has 2 aromatic rings. The summed E-state index contributed by atoms with van der Waals surface area (Å²) in [5.74, 6) is 5.61. The van der Waals surface area contributed by atoms with Crippen molar-refractivity contribution < 1.29 is 0 Å². The summed E-state index contributed by atoms with van der Waals surface area (Å²) in [4.78, 5) is 5.47. The van der Waals surface area contributed by atoms with Crippen molar-refractivity contribution in [3.8, 4) is 0 Å². The number of hydrogen-bond acceptors (Lipinski definition) is 5. The van der Waals surface area contributed by atoms with Crippen molar-refractivity contribution in [1.29, 1.82) is 0 Å². The Morgan fingerprint density at radius 1 is 1.59 bits per heavy atom. The minimum absolute atomic E-state index is 0.169. The van der Waals surface area contributed by atoms with Crippen molar-refractivity contribution >= 4 is 11.3 Å². The monoisotopic (exact) mass is 251 g/mol. The molecule has 1 unspecified atom stereocenters. The van der Waals surface area contributed by atoms with Crippen LogP contribution in [0.2, 0.25) is 0 Å². The molecule has 17 heavy (non-hydrogen) atoms. The second-order valence-corrected chi connectivity index (χ2v) is 4.97. The molecule has 0 spiro atoms. The van der Waals surface area contributed by atoms with E-state index in [1.165, 1.54) is 10.4 Å². The average Bonchev–Trinajstić information content (AvgIpc) is 2.90. The number of hydrogen-bond donors (Lipinski definition) is 2. The topological polar surface area (TPSA) is 68.8 Å². The van der Waals surface area contributed by atoms with Crippen LogP contribution in [0, 0.1) is 6.92 Å². The average molecular weight is 251 g/mol. The molecule has 3 N–H and O–H groups in total. The van der Waals surface area contributed by atoms with Crippen LogP contribution in [0.3, 0.4) is 0 Å². The fraction of sp³-hybridized carbons (Fsp3) is 0.455. The molecule has 0 saturated heterocycles. The summed E-state index contributed by atoms with van der Waals surface area (Å²) in [6.45, 7) is 2.01. The van der Waals surface area contributed by atoms with Crippen LogP contribution >= 0.6 is 11.3 Å². The smallest absolute Gasteiger partial charge is 0.0798 e. The van der Waals surface area contributed by atoms with Crippen LogP contribution in [0.4, 0.5) is 0 Å². The quantitative estimate of drug-likeness (QED) is 0.621. The number of nitrogens with zero attached hydrogens (tertiary/aromatic N) is 3. The summed E-state index contributed by atoms with van der Waals surface area (Å²) in [5.41, 5.74) is 7.02. The Kier molecular flexibility index (Phi) is 3.88. The molecule has 0 bridgehead atoms. The molecule has 1 atom stereocenters. The van der Waals surface area contributed by atoms with Crippen LogP contribution in [0.1, 0.15) is 28.6 Å². The van der Waals surface area contributed by atoms with Gasteiger partial charge in [-0.1, -0.05) is 0 Å². The van der Waals surface area contributed by atoms with Gasteiger partial charge in [0.1, 0.15) is 0 Å². The van der Waals surface area contributed by atoms with Crippen LogP contribution in [-0.4, -0.2) is 14.8 Å². The molecule has 0 aliphatic rings. The van der Waals surface area contributed by atoms with Gasteiger partial charge >= 0.3 is 0 Å². The molecule has 0 saturated carbocycles. The van der Waals surface area contributed by atoms with E-state index in [4.69, 9.17) is 5.84 Å². The number of nitrogens with one attached hydrogen (secondary N) is 1. The summed E-state index contributed by atoms with van der Waals surface area (Å²) in [7, 11) is 1.93.